The van der Waals surface area contributed by atoms with Crippen molar-refractivity contribution in [3.8, 4) is 0 Å². The van der Waals surface area contributed by atoms with Crippen LogP contribution in [-0.2, 0) is 16.0 Å². The van der Waals surface area contributed by atoms with Crippen LogP contribution in [0.15, 0.2) is 6.20 Å². The second kappa shape index (κ2) is 9.31. The van der Waals surface area contributed by atoms with Crippen LogP contribution in [0.25, 0.3) is 0 Å². The van der Waals surface area contributed by atoms with Crippen LogP contribution in [0, 0.1) is 0 Å². The predicted octanol–water partition coefficient (Wildman–Crippen LogP) is 2.26. The van der Waals surface area contributed by atoms with Gasteiger partial charge in [0, 0.05) is 13.7 Å². The van der Waals surface area contributed by atoms with Gasteiger partial charge in [0.2, 0.25) is 0 Å². The van der Waals surface area contributed by atoms with Gasteiger partial charge in [0.15, 0.2) is 0 Å². The molecular formula is C13H24ClN3O2. The topological polar surface area (TPSA) is 48.3 Å². The van der Waals surface area contributed by atoms with Gasteiger partial charge in [-0.25, -0.2) is 0 Å². The lowest BCUT2D eigenvalue weighted by Crippen LogP contribution is -2.29. The summed E-state index contributed by atoms with van der Waals surface area (Å²) in [5.74, 6) is 0. The molecule has 1 N–H and O–H groups in total. The first-order valence-electron chi connectivity index (χ1n) is 6.75. The first-order valence-corrected chi connectivity index (χ1v) is 7.13. The second-order valence-corrected chi connectivity index (χ2v) is 4.67. The first-order chi connectivity index (χ1) is 9.24. The molecule has 0 aliphatic carbocycles. The van der Waals surface area contributed by atoms with Gasteiger partial charge in [-0.05, 0) is 19.9 Å². The Morgan fingerprint density at radius 1 is 1.47 bits per heavy atom. The van der Waals surface area contributed by atoms with Crippen molar-refractivity contribution in [1.82, 2.24) is 15.1 Å². The molecule has 0 radical (unpaired) electrons. The Bertz CT molecular complexity index is 350. The fourth-order valence-corrected chi connectivity index (χ4v) is 2.14. The standard InChI is InChI=1S/C13H24ClN3O2/c1-4-6-15-12(10-19-5-2)13-11(14)9-16-17(13)7-8-18-3/h9,12,15H,4-8,10H2,1-3H3. The molecule has 0 amide bonds. The average Bonchev–Trinajstić information content (AvgIpc) is 2.78. The highest BCUT2D eigenvalue weighted by molar-refractivity contribution is 6.31. The number of methoxy groups -OCH3 is 1. The van der Waals surface area contributed by atoms with Crippen molar-refractivity contribution in [3.05, 3.63) is 16.9 Å². The van der Waals surface area contributed by atoms with Gasteiger partial charge in [-0.2, -0.15) is 5.10 Å². The summed E-state index contributed by atoms with van der Waals surface area (Å²) in [5, 5.41) is 8.42. The van der Waals surface area contributed by atoms with Crippen LogP contribution in [0.1, 0.15) is 32.0 Å². The van der Waals surface area contributed by atoms with Gasteiger partial charge in [0.25, 0.3) is 0 Å². The van der Waals surface area contributed by atoms with Crippen molar-refractivity contribution in [1.29, 1.82) is 0 Å². The Morgan fingerprint density at radius 3 is 2.89 bits per heavy atom. The molecule has 1 atom stereocenters. The molecule has 0 bridgehead atoms. The van der Waals surface area contributed by atoms with Crippen LogP contribution in [0.5, 0.6) is 0 Å². The van der Waals surface area contributed by atoms with E-state index in [1.54, 1.807) is 13.3 Å². The van der Waals surface area contributed by atoms with Crippen LogP contribution in [-0.4, -0.2) is 43.3 Å². The van der Waals surface area contributed by atoms with Crippen molar-refractivity contribution >= 4 is 11.6 Å². The number of nitrogens with one attached hydrogen (secondary N) is 1. The molecule has 0 aliphatic rings. The maximum atomic E-state index is 6.26. The van der Waals surface area contributed by atoms with Crippen LogP contribution in [0.3, 0.4) is 0 Å². The lowest BCUT2D eigenvalue weighted by Gasteiger charge is -2.20. The number of nitrogens with zero attached hydrogens (tertiary/aromatic N) is 2. The number of ether oxygens (including phenoxy) is 2. The lowest BCUT2D eigenvalue weighted by molar-refractivity contribution is 0.119. The molecule has 5 nitrogen and oxygen atoms in total. The fraction of sp³-hybridized carbons (Fsp3) is 0.769. The summed E-state index contributed by atoms with van der Waals surface area (Å²) >= 11 is 6.26. The summed E-state index contributed by atoms with van der Waals surface area (Å²) in [5.41, 5.74) is 0.973. The lowest BCUT2D eigenvalue weighted by atomic mass is 10.2. The zero-order chi connectivity index (χ0) is 14.1. The third-order valence-electron chi connectivity index (χ3n) is 2.80. The monoisotopic (exact) mass is 289 g/mol. The minimum absolute atomic E-state index is 0.0618. The smallest absolute Gasteiger partial charge is 0.0835 e. The molecule has 1 unspecified atom stereocenters. The second-order valence-electron chi connectivity index (χ2n) is 4.26. The van der Waals surface area contributed by atoms with Crippen LogP contribution < -0.4 is 5.32 Å². The molecule has 0 saturated heterocycles. The number of hydrogen-bond acceptors (Lipinski definition) is 4. The van der Waals surface area contributed by atoms with E-state index in [9.17, 15) is 0 Å². The molecular weight excluding hydrogens is 266 g/mol. The number of rotatable bonds is 10. The third-order valence-corrected chi connectivity index (χ3v) is 3.09. The molecule has 1 heterocycles. The van der Waals surface area contributed by atoms with E-state index in [0.29, 0.717) is 31.4 Å². The Hall–Kier alpha value is -0.620. The minimum atomic E-state index is 0.0618. The van der Waals surface area contributed by atoms with Crippen molar-refractivity contribution in [2.75, 3.05) is 33.5 Å². The molecule has 0 fully saturated rings. The first kappa shape index (κ1) is 16.4. The SMILES string of the molecule is CCCNC(COCC)c1c(Cl)cnn1CCOC. The fourth-order valence-electron chi connectivity index (χ4n) is 1.86. The van der Waals surface area contributed by atoms with E-state index >= 15 is 0 Å². The highest BCUT2D eigenvalue weighted by Gasteiger charge is 2.20. The molecule has 1 rings (SSSR count). The molecule has 0 spiro atoms. The summed E-state index contributed by atoms with van der Waals surface area (Å²) in [4.78, 5) is 0. The minimum Gasteiger partial charge on any atom is -0.383 e. The Kier molecular flexibility index (Phi) is 8.05. The number of aromatic nitrogens is 2. The van der Waals surface area contributed by atoms with Crippen molar-refractivity contribution < 1.29 is 9.47 Å². The summed E-state index contributed by atoms with van der Waals surface area (Å²) in [6, 6.07) is 0.0618. The van der Waals surface area contributed by atoms with Crippen LogP contribution >= 0.6 is 11.6 Å². The van der Waals surface area contributed by atoms with Crippen molar-refractivity contribution in [2.24, 2.45) is 0 Å². The number of hydrogen-bond donors (Lipinski definition) is 1. The maximum absolute atomic E-state index is 6.26. The van der Waals surface area contributed by atoms with Gasteiger partial charge in [-0.15, -0.1) is 0 Å². The summed E-state index contributed by atoms with van der Waals surface area (Å²) in [6.07, 6.45) is 2.74. The maximum Gasteiger partial charge on any atom is 0.0835 e. The molecule has 1 aromatic rings. The summed E-state index contributed by atoms with van der Waals surface area (Å²) < 4.78 is 12.5. The van der Waals surface area contributed by atoms with Gasteiger partial charge in [0.1, 0.15) is 0 Å². The predicted molar refractivity (Wildman–Crippen MR) is 76.6 cm³/mol. The van der Waals surface area contributed by atoms with Gasteiger partial charge in [0.05, 0.1) is 42.7 Å². The van der Waals surface area contributed by atoms with Crippen LogP contribution in [0.2, 0.25) is 5.02 Å². The normalized spacial score (nSPS) is 12.8. The van der Waals surface area contributed by atoms with E-state index in [-0.39, 0.29) is 6.04 Å². The van der Waals surface area contributed by atoms with Crippen LogP contribution in [0.4, 0.5) is 0 Å². The van der Waals surface area contributed by atoms with Gasteiger partial charge in [-0.3, -0.25) is 4.68 Å². The zero-order valence-corrected chi connectivity index (χ0v) is 12.7. The Morgan fingerprint density at radius 2 is 2.26 bits per heavy atom. The largest absolute Gasteiger partial charge is 0.383 e. The van der Waals surface area contributed by atoms with Gasteiger partial charge in [-0.1, -0.05) is 18.5 Å². The van der Waals surface area contributed by atoms with E-state index in [1.807, 2.05) is 11.6 Å². The molecule has 19 heavy (non-hydrogen) atoms. The van der Waals surface area contributed by atoms with E-state index < -0.39 is 0 Å². The highest BCUT2D eigenvalue weighted by atomic mass is 35.5. The third kappa shape index (κ3) is 5.10. The van der Waals surface area contributed by atoms with E-state index in [4.69, 9.17) is 21.1 Å². The van der Waals surface area contributed by atoms with Crippen molar-refractivity contribution in [2.45, 2.75) is 32.9 Å². The van der Waals surface area contributed by atoms with Crippen molar-refractivity contribution in [3.63, 3.8) is 0 Å². The Balaban J connectivity index is 2.82. The highest BCUT2D eigenvalue weighted by Crippen LogP contribution is 2.23. The molecule has 6 heteroatoms. The average molecular weight is 290 g/mol. The van der Waals surface area contributed by atoms with Gasteiger partial charge >= 0.3 is 0 Å². The molecule has 0 aliphatic heterocycles. The van der Waals surface area contributed by atoms with E-state index in [1.165, 1.54) is 0 Å². The van der Waals surface area contributed by atoms with Gasteiger partial charge < -0.3 is 14.8 Å². The zero-order valence-electron chi connectivity index (χ0n) is 12.0. The van der Waals surface area contributed by atoms with E-state index in [2.05, 4.69) is 17.3 Å². The Labute approximate surface area is 120 Å². The summed E-state index contributed by atoms with van der Waals surface area (Å²) in [7, 11) is 1.68. The molecule has 0 saturated carbocycles. The molecule has 0 aromatic carbocycles. The molecule has 110 valence electrons. The quantitative estimate of drug-likeness (QED) is 0.718. The number of halogens is 1. The van der Waals surface area contributed by atoms with E-state index in [0.717, 1.165) is 18.7 Å². The summed E-state index contributed by atoms with van der Waals surface area (Å²) in [6.45, 7) is 7.62. The molecule has 1 aromatic heterocycles.